The fraction of sp³-hybridized carbons (Fsp3) is 0.375. The Balaban J connectivity index is 1.21. The van der Waals surface area contributed by atoms with Crippen LogP contribution in [0.4, 0.5) is 5.69 Å². The molecular formula is C24H26N4O3S. The number of hydrogen-bond donors (Lipinski definition) is 1. The van der Waals surface area contributed by atoms with Crippen molar-refractivity contribution in [2.45, 2.75) is 50.0 Å². The fourth-order valence-electron chi connectivity index (χ4n) is 4.29. The lowest BCUT2D eigenvalue weighted by Crippen LogP contribution is -2.40. The summed E-state index contributed by atoms with van der Waals surface area (Å²) >= 11 is 1.36. The van der Waals surface area contributed by atoms with Crippen molar-refractivity contribution in [3.05, 3.63) is 48.0 Å². The van der Waals surface area contributed by atoms with Crippen LogP contribution in [0.15, 0.2) is 47.6 Å². The minimum absolute atomic E-state index is 0.110. The Bertz CT molecular complexity index is 1150. The van der Waals surface area contributed by atoms with E-state index in [1.807, 2.05) is 61.0 Å². The molecule has 1 saturated carbocycles. The second-order valence-corrected chi connectivity index (χ2v) is 9.30. The molecule has 1 aromatic heterocycles. The van der Waals surface area contributed by atoms with Crippen molar-refractivity contribution in [3.63, 3.8) is 0 Å². The summed E-state index contributed by atoms with van der Waals surface area (Å²) in [5, 5.41) is 12.2. The van der Waals surface area contributed by atoms with E-state index in [1.54, 1.807) is 0 Å². The Kier molecular flexibility index (Phi) is 5.55. The van der Waals surface area contributed by atoms with Crippen LogP contribution < -0.4 is 14.8 Å². The number of ether oxygens (including phenoxy) is 2. The highest BCUT2D eigenvalue weighted by molar-refractivity contribution is 7.99. The second kappa shape index (κ2) is 8.50. The van der Waals surface area contributed by atoms with Gasteiger partial charge in [-0.3, -0.25) is 4.79 Å². The van der Waals surface area contributed by atoms with Gasteiger partial charge in [-0.2, -0.15) is 0 Å². The van der Waals surface area contributed by atoms with Gasteiger partial charge in [-0.05, 0) is 37.5 Å². The molecule has 0 radical (unpaired) electrons. The van der Waals surface area contributed by atoms with E-state index >= 15 is 0 Å². The highest BCUT2D eigenvalue weighted by atomic mass is 32.2. The number of amides is 1. The number of nitrogens with one attached hydrogen (secondary N) is 1. The largest absolute Gasteiger partial charge is 0.448 e. The molecule has 0 atom stereocenters. The molecule has 2 aliphatic rings. The summed E-state index contributed by atoms with van der Waals surface area (Å²) in [5.74, 6) is 1.85. The SMILES string of the molecule is Cc1ccccc1-c1nnc(SCC(=O)Nc2ccc3c(c2)OC2(CCCCC2)O3)n1C. The highest BCUT2D eigenvalue weighted by Crippen LogP contribution is 2.46. The molecule has 1 fully saturated rings. The van der Waals surface area contributed by atoms with Gasteiger partial charge in [0.1, 0.15) is 0 Å². The molecule has 1 aliphatic heterocycles. The Morgan fingerprint density at radius 3 is 2.69 bits per heavy atom. The van der Waals surface area contributed by atoms with Gasteiger partial charge in [0.2, 0.25) is 5.91 Å². The van der Waals surface area contributed by atoms with Crippen molar-refractivity contribution >= 4 is 23.4 Å². The zero-order valence-electron chi connectivity index (χ0n) is 18.3. The van der Waals surface area contributed by atoms with Crippen LogP contribution in [0.25, 0.3) is 11.4 Å². The molecule has 2 aromatic carbocycles. The van der Waals surface area contributed by atoms with Crippen LogP contribution in [0.5, 0.6) is 11.5 Å². The van der Waals surface area contributed by atoms with E-state index in [-0.39, 0.29) is 11.7 Å². The molecule has 5 rings (SSSR count). The Morgan fingerprint density at radius 2 is 1.88 bits per heavy atom. The Hall–Kier alpha value is -3.00. The summed E-state index contributed by atoms with van der Waals surface area (Å²) in [4.78, 5) is 12.6. The predicted octanol–water partition coefficient (Wildman–Crippen LogP) is 4.95. The zero-order valence-corrected chi connectivity index (χ0v) is 19.1. The lowest BCUT2D eigenvalue weighted by atomic mass is 9.94. The number of hydrogen-bond acceptors (Lipinski definition) is 6. The van der Waals surface area contributed by atoms with Gasteiger partial charge in [-0.15, -0.1) is 10.2 Å². The predicted molar refractivity (Wildman–Crippen MR) is 124 cm³/mol. The number of benzene rings is 2. The molecule has 2 heterocycles. The minimum atomic E-state index is -0.515. The molecule has 1 spiro atoms. The zero-order chi connectivity index (χ0) is 22.1. The normalized spacial score (nSPS) is 16.3. The van der Waals surface area contributed by atoms with Gasteiger partial charge >= 0.3 is 0 Å². The van der Waals surface area contributed by atoms with Crippen molar-refractivity contribution in [2.24, 2.45) is 7.05 Å². The quantitative estimate of drug-likeness (QED) is 0.554. The van der Waals surface area contributed by atoms with Gasteiger partial charge in [0, 0.05) is 37.2 Å². The van der Waals surface area contributed by atoms with Crippen LogP contribution in [-0.4, -0.2) is 32.2 Å². The number of carbonyl (C=O) groups excluding carboxylic acids is 1. The van der Waals surface area contributed by atoms with E-state index < -0.39 is 5.79 Å². The van der Waals surface area contributed by atoms with Gasteiger partial charge in [-0.1, -0.05) is 42.4 Å². The first-order valence-electron chi connectivity index (χ1n) is 10.9. The van der Waals surface area contributed by atoms with Crippen LogP contribution in [0.3, 0.4) is 0 Å². The number of aromatic nitrogens is 3. The first-order valence-corrected chi connectivity index (χ1v) is 11.9. The maximum atomic E-state index is 12.6. The van der Waals surface area contributed by atoms with E-state index in [4.69, 9.17) is 9.47 Å². The summed E-state index contributed by atoms with van der Waals surface area (Å²) < 4.78 is 14.2. The number of anilines is 1. The standard InChI is InChI=1S/C24H26N4O3S/c1-16-8-4-5-9-18(16)22-26-27-23(28(22)2)32-15-21(29)25-17-10-11-19-20(14-17)31-24(30-19)12-6-3-7-13-24/h4-5,8-11,14H,3,6-7,12-13,15H2,1-2H3,(H,25,29). The van der Waals surface area contributed by atoms with Crippen LogP contribution >= 0.6 is 11.8 Å². The summed E-state index contributed by atoms with van der Waals surface area (Å²) in [7, 11) is 1.92. The van der Waals surface area contributed by atoms with Crippen LogP contribution in [0, 0.1) is 6.92 Å². The average Bonchev–Trinajstić information content (AvgIpc) is 3.32. The Labute approximate surface area is 191 Å². The molecule has 1 N–H and O–H groups in total. The summed E-state index contributed by atoms with van der Waals surface area (Å²) in [6.07, 6.45) is 5.26. The molecule has 0 saturated heterocycles. The summed E-state index contributed by atoms with van der Waals surface area (Å²) in [5.41, 5.74) is 2.87. The van der Waals surface area contributed by atoms with Crippen molar-refractivity contribution < 1.29 is 14.3 Å². The molecule has 32 heavy (non-hydrogen) atoms. The molecule has 166 valence electrons. The van der Waals surface area contributed by atoms with Crippen molar-refractivity contribution in [1.29, 1.82) is 0 Å². The van der Waals surface area contributed by atoms with Gasteiger partial charge in [0.15, 0.2) is 22.5 Å². The summed E-state index contributed by atoms with van der Waals surface area (Å²) in [6.45, 7) is 2.05. The Morgan fingerprint density at radius 1 is 1.09 bits per heavy atom. The number of thioether (sulfide) groups is 1. The van der Waals surface area contributed by atoms with Crippen LogP contribution in [0.1, 0.15) is 37.7 Å². The van der Waals surface area contributed by atoms with E-state index in [0.29, 0.717) is 16.6 Å². The van der Waals surface area contributed by atoms with Crippen LogP contribution in [-0.2, 0) is 11.8 Å². The molecule has 7 nitrogen and oxygen atoms in total. The molecule has 3 aromatic rings. The minimum Gasteiger partial charge on any atom is -0.448 e. The van der Waals surface area contributed by atoms with Crippen LogP contribution in [0.2, 0.25) is 0 Å². The van der Waals surface area contributed by atoms with Gasteiger partial charge < -0.3 is 19.4 Å². The molecule has 0 unspecified atom stereocenters. The molecule has 1 amide bonds. The lowest BCUT2D eigenvalue weighted by molar-refractivity contribution is -0.113. The number of rotatable bonds is 5. The third kappa shape index (κ3) is 4.07. The number of carbonyl (C=O) groups is 1. The van der Waals surface area contributed by atoms with Gasteiger partial charge in [0.25, 0.3) is 5.79 Å². The topological polar surface area (TPSA) is 78.3 Å². The lowest BCUT2D eigenvalue weighted by Gasteiger charge is -2.31. The van der Waals surface area contributed by atoms with Gasteiger partial charge in [0.05, 0.1) is 5.75 Å². The van der Waals surface area contributed by atoms with E-state index in [0.717, 1.165) is 48.4 Å². The average molecular weight is 451 g/mol. The molecule has 1 aliphatic carbocycles. The number of aryl methyl sites for hydroxylation is 1. The first-order chi connectivity index (χ1) is 15.5. The highest BCUT2D eigenvalue weighted by Gasteiger charge is 2.42. The second-order valence-electron chi connectivity index (χ2n) is 8.35. The molecule has 0 bridgehead atoms. The molecule has 8 heteroatoms. The maximum Gasteiger partial charge on any atom is 0.251 e. The third-order valence-electron chi connectivity index (χ3n) is 5.99. The van der Waals surface area contributed by atoms with Crippen molar-refractivity contribution in [2.75, 3.05) is 11.1 Å². The van der Waals surface area contributed by atoms with Crippen molar-refractivity contribution in [1.82, 2.24) is 14.8 Å². The van der Waals surface area contributed by atoms with Gasteiger partial charge in [-0.25, -0.2) is 0 Å². The monoisotopic (exact) mass is 450 g/mol. The fourth-order valence-corrected chi connectivity index (χ4v) is 5.00. The number of fused-ring (bicyclic) bond motifs is 1. The summed E-state index contributed by atoms with van der Waals surface area (Å²) in [6, 6.07) is 13.6. The first kappa shape index (κ1) is 20.9. The van der Waals surface area contributed by atoms with E-state index in [1.165, 1.54) is 18.2 Å². The number of nitrogens with zero attached hydrogens (tertiary/aromatic N) is 3. The van der Waals surface area contributed by atoms with E-state index in [9.17, 15) is 4.79 Å². The maximum absolute atomic E-state index is 12.6. The third-order valence-corrected chi connectivity index (χ3v) is 7.01. The molecular weight excluding hydrogens is 424 g/mol. The van der Waals surface area contributed by atoms with E-state index in [2.05, 4.69) is 15.5 Å². The van der Waals surface area contributed by atoms with Crippen molar-refractivity contribution in [3.8, 4) is 22.9 Å². The smallest absolute Gasteiger partial charge is 0.251 e.